The lowest BCUT2D eigenvalue weighted by atomic mass is 9.86. The number of ketones is 1. The maximum absolute atomic E-state index is 12.6. The molecule has 1 aromatic heterocycles. The van der Waals surface area contributed by atoms with Crippen LogP contribution in [0.5, 0.6) is 17.2 Å². The average Bonchev–Trinajstić information content (AvgIpc) is 3.23. The summed E-state index contributed by atoms with van der Waals surface area (Å²) >= 11 is 0. The monoisotopic (exact) mass is 840 g/mol. The van der Waals surface area contributed by atoms with Crippen molar-refractivity contribution >= 4 is 34.0 Å². The van der Waals surface area contributed by atoms with Gasteiger partial charge in [-0.05, 0) is 93.0 Å². The third kappa shape index (κ3) is 13.6. The van der Waals surface area contributed by atoms with E-state index in [1.807, 2.05) is 18.2 Å². The van der Waals surface area contributed by atoms with Gasteiger partial charge in [0.2, 0.25) is 0 Å². The summed E-state index contributed by atoms with van der Waals surface area (Å²) < 4.78 is 58.2. The number of Topliss-reactive ketones (excluding diaryl/α,β-unsaturated/α-hetero) is 1. The van der Waals surface area contributed by atoms with Crippen LogP contribution in [0, 0.1) is 0 Å². The van der Waals surface area contributed by atoms with Crippen LogP contribution in [-0.4, -0.2) is 86.5 Å². The van der Waals surface area contributed by atoms with Crippen LogP contribution in [-0.2, 0) is 45.5 Å². The number of carbonyl (C=O) groups excluding carboxylic acids is 2. The fourth-order valence-corrected chi connectivity index (χ4v) is 7.33. The fraction of sp³-hybridized carbons (Fsp3) is 0.356. The highest BCUT2D eigenvalue weighted by Gasteiger charge is 2.22. The SMILES string of the molecule is C=CCc1c(OCCCCCOc2cccc(OCCOCCNC(=O)c3ccc(CN=Cc4ccccc4S(=O)(=O)[O-])nc3)c2CCC(=O)O)ccc2c1CCCC2=O. The molecule has 1 aliphatic carbocycles. The summed E-state index contributed by atoms with van der Waals surface area (Å²) in [4.78, 5) is 44.5. The van der Waals surface area contributed by atoms with E-state index in [9.17, 15) is 32.5 Å². The second kappa shape index (κ2) is 23.0. The van der Waals surface area contributed by atoms with E-state index in [0.29, 0.717) is 54.4 Å². The molecule has 15 heteroatoms. The molecule has 0 fully saturated rings. The average molecular weight is 841 g/mol. The van der Waals surface area contributed by atoms with Crippen molar-refractivity contribution in [3.8, 4) is 17.2 Å². The van der Waals surface area contributed by atoms with Crippen molar-refractivity contribution in [2.24, 2.45) is 4.99 Å². The molecule has 0 aliphatic heterocycles. The van der Waals surface area contributed by atoms with Crippen molar-refractivity contribution in [1.29, 1.82) is 0 Å². The summed E-state index contributed by atoms with van der Waals surface area (Å²) in [5.74, 6) is 0.808. The zero-order valence-electron chi connectivity index (χ0n) is 33.4. The predicted octanol–water partition coefficient (Wildman–Crippen LogP) is 6.32. The first-order chi connectivity index (χ1) is 29.0. The maximum atomic E-state index is 12.6. The van der Waals surface area contributed by atoms with E-state index in [2.05, 4.69) is 21.9 Å². The van der Waals surface area contributed by atoms with E-state index in [1.54, 1.807) is 36.4 Å². The van der Waals surface area contributed by atoms with Gasteiger partial charge in [-0.2, -0.15) is 0 Å². The number of pyridine rings is 1. The van der Waals surface area contributed by atoms with Gasteiger partial charge in [-0.15, -0.1) is 6.58 Å². The number of fused-ring (bicyclic) bond motifs is 1. The standard InChI is InChI=1S/C45H51N3O11S/c1-2-10-37-35-12-8-13-39(49)36(35)19-21-42(37)58-25-7-3-6-24-57-40-14-9-15-41(38(40)20-22-44(50)51)59-28-27-56-26-23-47-45(52)33-17-18-34(48-30-33)31-46-29-32-11-4-5-16-43(32)60(53,54)55/h2,4-5,9,11,14-19,21,29-30H,1,3,6-8,10,12-13,20,22-28,31H2,(H,47,52)(H,50,51)(H,53,54,55)/p-1. The number of allylic oxidation sites excluding steroid dienone is 1. The highest BCUT2D eigenvalue weighted by molar-refractivity contribution is 7.85. The number of aliphatic imine (C=N–C) groups is 1. The molecule has 60 heavy (non-hydrogen) atoms. The number of carbonyl (C=O) groups is 3. The van der Waals surface area contributed by atoms with Gasteiger partial charge < -0.3 is 33.9 Å². The lowest BCUT2D eigenvalue weighted by Crippen LogP contribution is -2.27. The maximum Gasteiger partial charge on any atom is 0.303 e. The highest BCUT2D eigenvalue weighted by Crippen LogP contribution is 2.33. The topological polar surface area (TPSA) is 203 Å². The van der Waals surface area contributed by atoms with Crippen LogP contribution in [0.4, 0.5) is 0 Å². The van der Waals surface area contributed by atoms with Crippen LogP contribution in [0.1, 0.15) is 87.2 Å². The number of hydrogen-bond acceptors (Lipinski definition) is 12. The molecule has 0 spiro atoms. The molecule has 0 saturated carbocycles. The number of amides is 1. The van der Waals surface area contributed by atoms with Crippen LogP contribution < -0.4 is 19.5 Å². The normalized spacial score (nSPS) is 12.5. The number of aromatic nitrogens is 1. The van der Waals surface area contributed by atoms with Gasteiger partial charge in [0, 0.05) is 54.1 Å². The number of nitrogens with zero attached hydrogens (tertiary/aromatic N) is 2. The third-order valence-electron chi connectivity index (χ3n) is 9.63. The number of aliphatic carboxylic acids is 1. The van der Waals surface area contributed by atoms with Gasteiger partial charge in [0.15, 0.2) is 5.78 Å². The second-order valence-corrected chi connectivity index (χ2v) is 15.3. The van der Waals surface area contributed by atoms with Gasteiger partial charge in [0.25, 0.3) is 5.91 Å². The van der Waals surface area contributed by atoms with Crippen molar-refractivity contribution in [2.45, 2.75) is 69.2 Å². The summed E-state index contributed by atoms with van der Waals surface area (Å²) in [5, 5.41) is 12.1. The molecular formula is C45H50N3O11S-. The summed E-state index contributed by atoms with van der Waals surface area (Å²) in [6.45, 7) is 5.84. The molecule has 2 N–H and O–H groups in total. The third-order valence-corrected chi connectivity index (χ3v) is 10.5. The van der Waals surface area contributed by atoms with E-state index >= 15 is 0 Å². The molecular weight excluding hydrogens is 791 g/mol. The number of unbranched alkanes of at least 4 members (excludes halogenated alkanes) is 2. The summed E-state index contributed by atoms with van der Waals surface area (Å²) in [7, 11) is -4.64. The first-order valence-electron chi connectivity index (χ1n) is 19.9. The number of ether oxygens (including phenoxy) is 4. The molecule has 0 atom stereocenters. The fourth-order valence-electron chi connectivity index (χ4n) is 6.68. The Bertz CT molecular complexity index is 2240. The van der Waals surface area contributed by atoms with E-state index < -0.39 is 16.1 Å². The first-order valence-corrected chi connectivity index (χ1v) is 21.3. The number of rotatable bonds is 25. The molecule has 1 aliphatic rings. The summed E-state index contributed by atoms with van der Waals surface area (Å²) in [5.41, 5.74) is 4.66. The molecule has 1 amide bonds. The van der Waals surface area contributed by atoms with E-state index in [4.69, 9.17) is 18.9 Å². The predicted molar refractivity (Wildman–Crippen MR) is 223 cm³/mol. The van der Waals surface area contributed by atoms with Crippen LogP contribution in [0.15, 0.2) is 95.5 Å². The summed E-state index contributed by atoms with van der Waals surface area (Å²) in [6.07, 6.45) is 10.1. The van der Waals surface area contributed by atoms with Gasteiger partial charge in [-0.25, -0.2) is 8.42 Å². The second-order valence-electron chi connectivity index (χ2n) is 13.9. The number of carboxylic acid groups (broad SMARTS) is 1. The quantitative estimate of drug-likeness (QED) is 0.0326. The van der Waals surface area contributed by atoms with E-state index in [0.717, 1.165) is 54.5 Å². The Labute approximate surface area is 350 Å². The lowest BCUT2D eigenvalue weighted by Gasteiger charge is -2.21. The van der Waals surface area contributed by atoms with Crippen molar-refractivity contribution in [3.63, 3.8) is 0 Å². The number of benzene rings is 3. The minimum absolute atomic E-state index is 0.0893. The van der Waals surface area contributed by atoms with Crippen LogP contribution in [0.3, 0.4) is 0 Å². The molecule has 0 bridgehead atoms. The smallest absolute Gasteiger partial charge is 0.303 e. The Kier molecular flexibility index (Phi) is 17.4. The Morgan fingerprint density at radius 3 is 2.30 bits per heavy atom. The van der Waals surface area contributed by atoms with Crippen LogP contribution in [0.2, 0.25) is 0 Å². The Balaban J connectivity index is 0.996. The van der Waals surface area contributed by atoms with Gasteiger partial charge in [-0.3, -0.25) is 24.4 Å². The van der Waals surface area contributed by atoms with Crippen molar-refractivity contribution in [2.75, 3.05) is 39.6 Å². The first kappa shape index (κ1) is 45.2. The minimum Gasteiger partial charge on any atom is -0.744 e. The van der Waals surface area contributed by atoms with Crippen molar-refractivity contribution < 1.29 is 51.4 Å². The van der Waals surface area contributed by atoms with E-state index in [-0.39, 0.29) is 67.9 Å². The van der Waals surface area contributed by atoms with Crippen molar-refractivity contribution in [1.82, 2.24) is 10.3 Å². The Morgan fingerprint density at radius 2 is 1.60 bits per heavy atom. The highest BCUT2D eigenvalue weighted by atomic mass is 32.2. The Morgan fingerprint density at radius 1 is 0.867 bits per heavy atom. The van der Waals surface area contributed by atoms with Gasteiger partial charge >= 0.3 is 5.97 Å². The largest absolute Gasteiger partial charge is 0.744 e. The molecule has 0 saturated heterocycles. The molecule has 0 unspecified atom stereocenters. The van der Waals surface area contributed by atoms with Gasteiger partial charge in [-0.1, -0.05) is 30.3 Å². The molecule has 1 heterocycles. The summed E-state index contributed by atoms with van der Waals surface area (Å²) in [6, 6.07) is 18.1. The molecule has 3 aromatic carbocycles. The number of carboxylic acids is 1. The molecule has 0 radical (unpaired) electrons. The van der Waals surface area contributed by atoms with E-state index in [1.165, 1.54) is 30.6 Å². The zero-order valence-corrected chi connectivity index (χ0v) is 34.3. The zero-order chi connectivity index (χ0) is 42.7. The lowest BCUT2D eigenvalue weighted by molar-refractivity contribution is -0.136. The molecule has 4 aromatic rings. The van der Waals surface area contributed by atoms with Crippen molar-refractivity contribution in [3.05, 3.63) is 125 Å². The number of hydrogen-bond donors (Lipinski definition) is 2. The number of nitrogens with one attached hydrogen (secondary N) is 1. The van der Waals surface area contributed by atoms with Gasteiger partial charge in [0.1, 0.15) is 34.0 Å². The van der Waals surface area contributed by atoms with Crippen LogP contribution in [0.25, 0.3) is 0 Å². The molecule has 5 rings (SSSR count). The van der Waals surface area contributed by atoms with Crippen LogP contribution >= 0.6 is 0 Å². The molecule has 318 valence electrons. The Hall–Kier alpha value is -5.90. The van der Waals surface area contributed by atoms with Gasteiger partial charge in [0.05, 0.1) is 49.1 Å². The minimum atomic E-state index is -4.64. The molecule has 14 nitrogen and oxygen atoms in total.